The fourth-order valence-corrected chi connectivity index (χ4v) is 0.322. The Morgan fingerprint density at radius 2 is 2.29 bits per heavy atom. The highest BCUT2D eigenvalue weighted by Gasteiger charge is 1.61. The van der Waals surface area contributed by atoms with Crippen molar-refractivity contribution >= 4 is 0 Å². The Labute approximate surface area is 45.5 Å². The Morgan fingerprint density at radius 3 is 2.71 bits per heavy atom. The van der Waals surface area contributed by atoms with E-state index in [1.54, 1.807) is 0 Å². The molecule has 0 heteroatoms. The first kappa shape index (κ1) is 6.48. The molecule has 0 aromatic rings. The number of allylic oxidation sites excluding steroid dienone is 4. The fraction of sp³-hybridized carbons (Fsp3) is 0.429. The molecule has 0 spiro atoms. The van der Waals surface area contributed by atoms with Crippen LogP contribution in [-0.2, 0) is 0 Å². The highest BCUT2D eigenvalue weighted by atomic mass is 13.7. The van der Waals surface area contributed by atoms with Gasteiger partial charge < -0.3 is 0 Å². The van der Waals surface area contributed by atoms with Crippen molar-refractivity contribution in [2.24, 2.45) is 0 Å². The SMILES string of the molecule is C/[C]=C/C/C=C/C. The highest BCUT2D eigenvalue weighted by molar-refractivity contribution is 4.86. The van der Waals surface area contributed by atoms with E-state index < -0.39 is 0 Å². The molecule has 0 saturated heterocycles. The van der Waals surface area contributed by atoms with Gasteiger partial charge in [-0.15, -0.1) is 0 Å². The molecule has 0 aliphatic rings. The largest absolute Gasteiger partial charge is 0.0914 e. The van der Waals surface area contributed by atoms with Crippen LogP contribution >= 0.6 is 0 Å². The van der Waals surface area contributed by atoms with Gasteiger partial charge in [-0.3, -0.25) is 0 Å². The summed E-state index contributed by atoms with van der Waals surface area (Å²) < 4.78 is 0. The zero-order valence-electron chi connectivity index (χ0n) is 4.94. The Morgan fingerprint density at radius 1 is 1.57 bits per heavy atom. The first-order chi connectivity index (χ1) is 3.41. The van der Waals surface area contributed by atoms with Gasteiger partial charge in [-0.2, -0.15) is 0 Å². The molecular formula is C7H11. The molecule has 0 aromatic carbocycles. The summed E-state index contributed by atoms with van der Waals surface area (Å²) in [4.78, 5) is 0. The minimum absolute atomic E-state index is 1.02. The lowest BCUT2D eigenvalue weighted by Gasteiger charge is -1.72. The molecule has 0 atom stereocenters. The second-order valence-electron chi connectivity index (χ2n) is 1.30. The van der Waals surface area contributed by atoms with Gasteiger partial charge in [0.05, 0.1) is 0 Å². The molecule has 0 nitrogen and oxygen atoms in total. The molecule has 0 unspecified atom stereocenters. The molecule has 0 amide bonds. The summed E-state index contributed by atoms with van der Waals surface area (Å²) >= 11 is 0. The molecule has 7 heavy (non-hydrogen) atoms. The predicted octanol–water partition coefficient (Wildman–Crippen LogP) is 2.33. The lowest BCUT2D eigenvalue weighted by atomic mass is 10.3. The average Bonchev–Trinajstić information content (AvgIpc) is 1.69. The Kier molecular flexibility index (Phi) is 5.07. The molecule has 0 bridgehead atoms. The first-order valence-electron chi connectivity index (χ1n) is 2.52. The van der Waals surface area contributed by atoms with E-state index in [-0.39, 0.29) is 0 Å². The van der Waals surface area contributed by atoms with E-state index in [4.69, 9.17) is 0 Å². The zero-order chi connectivity index (χ0) is 5.54. The highest BCUT2D eigenvalue weighted by Crippen LogP contribution is 1.82. The summed E-state index contributed by atoms with van der Waals surface area (Å²) in [7, 11) is 0. The summed E-state index contributed by atoms with van der Waals surface area (Å²) in [6.45, 7) is 3.92. The minimum atomic E-state index is 1.02. The minimum Gasteiger partial charge on any atom is -0.0914 e. The Hall–Kier alpha value is -0.520. The molecule has 0 aromatic heterocycles. The predicted molar refractivity (Wildman–Crippen MR) is 32.9 cm³/mol. The second kappa shape index (κ2) is 5.48. The molecule has 0 saturated carbocycles. The van der Waals surface area contributed by atoms with Crippen LogP contribution in [0.4, 0.5) is 0 Å². The van der Waals surface area contributed by atoms with Crippen molar-refractivity contribution in [2.75, 3.05) is 0 Å². The van der Waals surface area contributed by atoms with Gasteiger partial charge in [-0.25, -0.2) is 0 Å². The number of hydrogen-bond acceptors (Lipinski definition) is 0. The van der Waals surface area contributed by atoms with Crippen molar-refractivity contribution in [1.82, 2.24) is 0 Å². The monoisotopic (exact) mass is 95.1 g/mol. The van der Waals surface area contributed by atoms with Gasteiger partial charge in [0.15, 0.2) is 0 Å². The van der Waals surface area contributed by atoms with E-state index in [1.807, 2.05) is 26.0 Å². The third kappa shape index (κ3) is 5.48. The molecule has 0 aliphatic carbocycles. The first-order valence-corrected chi connectivity index (χ1v) is 2.52. The zero-order valence-corrected chi connectivity index (χ0v) is 4.94. The van der Waals surface area contributed by atoms with Gasteiger partial charge in [-0.1, -0.05) is 24.3 Å². The van der Waals surface area contributed by atoms with Crippen LogP contribution in [0.25, 0.3) is 0 Å². The number of hydrogen-bond donors (Lipinski definition) is 0. The lowest BCUT2D eigenvalue weighted by molar-refractivity contribution is 1.35. The molecule has 0 heterocycles. The summed E-state index contributed by atoms with van der Waals surface area (Å²) in [5, 5.41) is 0. The van der Waals surface area contributed by atoms with E-state index in [2.05, 4.69) is 12.2 Å². The van der Waals surface area contributed by atoms with Crippen molar-refractivity contribution < 1.29 is 0 Å². The summed E-state index contributed by atoms with van der Waals surface area (Å²) in [6, 6.07) is 0. The topological polar surface area (TPSA) is 0 Å². The summed E-state index contributed by atoms with van der Waals surface area (Å²) in [6.07, 6.45) is 10.1. The molecule has 0 aliphatic heterocycles. The van der Waals surface area contributed by atoms with E-state index in [1.165, 1.54) is 0 Å². The van der Waals surface area contributed by atoms with Crippen LogP contribution in [-0.4, -0.2) is 0 Å². The van der Waals surface area contributed by atoms with E-state index in [9.17, 15) is 0 Å². The Balaban J connectivity index is 2.98. The average molecular weight is 95.2 g/mol. The van der Waals surface area contributed by atoms with Gasteiger partial charge in [0, 0.05) is 0 Å². The van der Waals surface area contributed by atoms with E-state index in [0.29, 0.717) is 0 Å². The summed E-state index contributed by atoms with van der Waals surface area (Å²) in [5.41, 5.74) is 0. The van der Waals surface area contributed by atoms with Crippen molar-refractivity contribution in [2.45, 2.75) is 20.3 Å². The van der Waals surface area contributed by atoms with Crippen LogP contribution in [0.3, 0.4) is 0 Å². The maximum atomic E-state index is 2.93. The summed E-state index contributed by atoms with van der Waals surface area (Å²) in [5.74, 6) is 0. The fourth-order valence-electron chi connectivity index (χ4n) is 0.322. The van der Waals surface area contributed by atoms with E-state index >= 15 is 0 Å². The molecule has 0 rings (SSSR count). The second-order valence-corrected chi connectivity index (χ2v) is 1.30. The van der Waals surface area contributed by atoms with Crippen molar-refractivity contribution in [3.05, 3.63) is 24.3 Å². The third-order valence-electron chi connectivity index (χ3n) is 0.694. The van der Waals surface area contributed by atoms with Crippen LogP contribution in [0.1, 0.15) is 20.3 Å². The van der Waals surface area contributed by atoms with Gasteiger partial charge in [0.1, 0.15) is 0 Å². The quantitative estimate of drug-likeness (QED) is 0.462. The molecule has 39 valence electrons. The van der Waals surface area contributed by atoms with Crippen LogP contribution in [0.15, 0.2) is 18.2 Å². The Bertz CT molecular complexity index is 58.1. The smallest absolute Gasteiger partial charge is 0.0163 e. The van der Waals surface area contributed by atoms with Crippen molar-refractivity contribution in [3.8, 4) is 0 Å². The number of rotatable bonds is 2. The van der Waals surface area contributed by atoms with Gasteiger partial charge in [-0.05, 0) is 20.3 Å². The van der Waals surface area contributed by atoms with Crippen LogP contribution in [0.2, 0.25) is 0 Å². The molecular weight excluding hydrogens is 84.1 g/mol. The third-order valence-corrected chi connectivity index (χ3v) is 0.694. The van der Waals surface area contributed by atoms with Crippen molar-refractivity contribution in [3.63, 3.8) is 0 Å². The standard InChI is InChI=1S/C7H11/c1-3-5-7-6-4-2/h3,5-6H,7H2,1-2H3/b5-3+,6-4?. The lowest BCUT2D eigenvalue weighted by Crippen LogP contribution is -1.52. The molecule has 0 fully saturated rings. The maximum absolute atomic E-state index is 2.93. The van der Waals surface area contributed by atoms with Crippen LogP contribution in [0.5, 0.6) is 0 Å². The maximum Gasteiger partial charge on any atom is -0.0163 e. The molecule has 1 radical (unpaired) electrons. The van der Waals surface area contributed by atoms with Crippen LogP contribution < -0.4 is 0 Å². The van der Waals surface area contributed by atoms with Gasteiger partial charge >= 0.3 is 0 Å². The normalized spacial score (nSPS) is 11.7. The van der Waals surface area contributed by atoms with Gasteiger partial charge in [0.25, 0.3) is 0 Å². The van der Waals surface area contributed by atoms with E-state index in [0.717, 1.165) is 6.42 Å². The van der Waals surface area contributed by atoms with Gasteiger partial charge in [0.2, 0.25) is 0 Å². The molecule has 0 N–H and O–H groups in total. The van der Waals surface area contributed by atoms with Crippen molar-refractivity contribution in [1.29, 1.82) is 0 Å². The van der Waals surface area contributed by atoms with Crippen LogP contribution in [0, 0.1) is 6.08 Å².